The van der Waals surface area contributed by atoms with Gasteiger partial charge in [-0.25, -0.2) is 8.42 Å². The van der Waals surface area contributed by atoms with Crippen molar-refractivity contribution in [1.82, 2.24) is 14.5 Å². The van der Waals surface area contributed by atoms with Gasteiger partial charge in [0, 0.05) is 44.8 Å². The van der Waals surface area contributed by atoms with E-state index in [4.69, 9.17) is 0 Å². The van der Waals surface area contributed by atoms with Crippen LogP contribution in [0.25, 0.3) is 0 Å². The first kappa shape index (κ1) is 24.5. The third-order valence-electron chi connectivity index (χ3n) is 7.62. The predicted octanol–water partition coefficient (Wildman–Crippen LogP) is 3.17. The zero-order valence-corrected chi connectivity index (χ0v) is 21.1. The van der Waals surface area contributed by atoms with E-state index in [0.29, 0.717) is 41.9 Å². The highest BCUT2D eigenvalue weighted by Gasteiger charge is 2.32. The van der Waals surface area contributed by atoms with Crippen LogP contribution in [0.3, 0.4) is 0 Å². The molecule has 7 nitrogen and oxygen atoms in total. The van der Waals surface area contributed by atoms with Gasteiger partial charge in [-0.2, -0.15) is 4.31 Å². The standard InChI is InChI=1S/C25H40N4O3S/c1-20-7-14-28(15-8-20)23-6-5-22(25(30)26-11-18-27-12-3-4-13-27)19-24(23)33(31,32)29-16-9-21(2)10-17-29/h5-6,19-21H,3-4,7-18H2,1-2H3,(H,26,30). The average Bonchev–Trinajstić information content (AvgIpc) is 3.33. The first-order chi connectivity index (χ1) is 15.8. The van der Waals surface area contributed by atoms with Crippen molar-refractivity contribution in [2.75, 3.05) is 57.3 Å². The van der Waals surface area contributed by atoms with Gasteiger partial charge in [0.05, 0.1) is 5.69 Å². The number of anilines is 1. The van der Waals surface area contributed by atoms with Crippen molar-refractivity contribution in [2.24, 2.45) is 11.8 Å². The number of rotatable bonds is 7. The third kappa shape index (κ3) is 5.89. The first-order valence-corrected chi connectivity index (χ1v) is 14.2. The second-order valence-electron chi connectivity index (χ2n) is 10.2. The van der Waals surface area contributed by atoms with Crippen molar-refractivity contribution in [3.8, 4) is 0 Å². The van der Waals surface area contributed by atoms with Gasteiger partial charge in [0.25, 0.3) is 5.91 Å². The minimum absolute atomic E-state index is 0.197. The number of carbonyl (C=O) groups is 1. The van der Waals surface area contributed by atoms with Gasteiger partial charge in [-0.3, -0.25) is 4.79 Å². The van der Waals surface area contributed by atoms with Crippen LogP contribution >= 0.6 is 0 Å². The Bertz CT molecular complexity index is 914. The van der Waals surface area contributed by atoms with Crippen LogP contribution in [0.5, 0.6) is 0 Å². The molecule has 3 fully saturated rings. The third-order valence-corrected chi connectivity index (χ3v) is 9.55. The summed E-state index contributed by atoms with van der Waals surface area (Å²) in [5.74, 6) is 1.01. The van der Waals surface area contributed by atoms with E-state index < -0.39 is 10.0 Å². The van der Waals surface area contributed by atoms with E-state index in [2.05, 4.69) is 29.0 Å². The molecule has 3 aliphatic heterocycles. The Balaban J connectivity index is 1.56. The Morgan fingerprint density at radius 2 is 1.55 bits per heavy atom. The molecule has 0 aromatic heterocycles. The number of carbonyl (C=O) groups excluding carboxylic acids is 1. The number of piperidine rings is 2. The fraction of sp³-hybridized carbons (Fsp3) is 0.720. The average molecular weight is 477 g/mol. The highest BCUT2D eigenvalue weighted by atomic mass is 32.2. The van der Waals surface area contributed by atoms with Gasteiger partial charge >= 0.3 is 0 Å². The topological polar surface area (TPSA) is 73.0 Å². The maximum atomic E-state index is 13.7. The summed E-state index contributed by atoms with van der Waals surface area (Å²) < 4.78 is 29.1. The fourth-order valence-electron chi connectivity index (χ4n) is 5.17. The van der Waals surface area contributed by atoms with Crippen molar-refractivity contribution in [3.05, 3.63) is 23.8 Å². The molecule has 1 amide bonds. The van der Waals surface area contributed by atoms with Gasteiger partial charge < -0.3 is 15.1 Å². The van der Waals surface area contributed by atoms with Crippen LogP contribution in [0, 0.1) is 11.8 Å². The van der Waals surface area contributed by atoms with Crippen molar-refractivity contribution >= 4 is 21.6 Å². The molecule has 0 atom stereocenters. The lowest BCUT2D eigenvalue weighted by molar-refractivity contribution is 0.0949. The molecule has 1 aromatic carbocycles. The summed E-state index contributed by atoms with van der Waals surface area (Å²) in [4.78, 5) is 17.7. The van der Waals surface area contributed by atoms with Crippen LogP contribution < -0.4 is 10.2 Å². The molecule has 0 bridgehead atoms. The molecule has 33 heavy (non-hydrogen) atoms. The van der Waals surface area contributed by atoms with Gasteiger partial charge in [-0.1, -0.05) is 13.8 Å². The maximum Gasteiger partial charge on any atom is 0.251 e. The molecule has 3 saturated heterocycles. The Morgan fingerprint density at radius 3 is 2.18 bits per heavy atom. The summed E-state index contributed by atoms with van der Waals surface area (Å²) in [5.41, 5.74) is 1.17. The zero-order valence-electron chi connectivity index (χ0n) is 20.3. The summed E-state index contributed by atoms with van der Waals surface area (Å²) >= 11 is 0. The van der Waals surface area contributed by atoms with E-state index in [1.54, 1.807) is 16.4 Å². The molecule has 184 valence electrons. The molecule has 0 saturated carbocycles. The van der Waals surface area contributed by atoms with Crippen LogP contribution in [0.2, 0.25) is 0 Å². The normalized spacial score (nSPS) is 22.1. The Labute approximate surface area is 199 Å². The molecular weight excluding hydrogens is 436 g/mol. The summed E-state index contributed by atoms with van der Waals surface area (Å²) in [6, 6.07) is 5.26. The molecule has 1 N–H and O–H groups in total. The summed E-state index contributed by atoms with van der Waals surface area (Å²) in [5, 5.41) is 2.99. The van der Waals surface area contributed by atoms with Crippen LogP contribution in [-0.2, 0) is 10.0 Å². The van der Waals surface area contributed by atoms with E-state index >= 15 is 0 Å². The van der Waals surface area contributed by atoms with Crippen LogP contribution in [0.4, 0.5) is 5.69 Å². The van der Waals surface area contributed by atoms with Crippen LogP contribution in [0.15, 0.2) is 23.1 Å². The number of nitrogens with one attached hydrogen (secondary N) is 1. The second kappa shape index (κ2) is 10.7. The lowest BCUT2D eigenvalue weighted by Crippen LogP contribution is -2.40. The molecule has 0 aliphatic carbocycles. The molecule has 0 spiro atoms. The molecule has 1 aromatic rings. The number of hydrogen-bond acceptors (Lipinski definition) is 5. The Kier molecular flexibility index (Phi) is 7.97. The Hall–Kier alpha value is -1.64. The van der Waals surface area contributed by atoms with Crippen molar-refractivity contribution in [1.29, 1.82) is 0 Å². The lowest BCUT2D eigenvalue weighted by Gasteiger charge is -2.35. The van der Waals surface area contributed by atoms with E-state index in [9.17, 15) is 13.2 Å². The van der Waals surface area contributed by atoms with Crippen LogP contribution in [0.1, 0.15) is 62.7 Å². The van der Waals surface area contributed by atoms with Gasteiger partial charge in [-0.15, -0.1) is 0 Å². The summed E-state index contributed by atoms with van der Waals surface area (Å²) in [6.07, 6.45) is 6.32. The maximum absolute atomic E-state index is 13.7. The minimum atomic E-state index is -3.67. The molecule has 0 unspecified atom stereocenters. The quantitative estimate of drug-likeness (QED) is 0.654. The first-order valence-electron chi connectivity index (χ1n) is 12.7. The Morgan fingerprint density at radius 1 is 0.939 bits per heavy atom. The number of likely N-dealkylation sites (tertiary alicyclic amines) is 1. The van der Waals surface area contributed by atoms with Crippen molar-refractivity contribution in [3.63, 3.8) is 0 Å². The number of benzene rings is 1. The molecule has 3 aliphatic rings. The highest BCUT2D eigenvalue weighted by molar-refractivity contribution is 7.89. The number of nitrogens with zero attached hydrogens (tertiary/aromatic N) is 3. The monoisotopic (exact) mass is 476 g/mol. The summed E-state index contributed by atoms with van der Waals surface area (Å²) in [7, 11) is -3.67. The van der Waals surface area contributed by atoms with Gasteiger partial charge in [0.2, 0.25) is 10.0 Å². The van der Waals surface area contributed by atoms with Crippen molar-refractivity contribution < 1.29 is 13.2 Å². The zero-order chi connectivity index (χ0) is 23.4. The minimum Gasteiger partial charge on any atom is -0.370 e. The molecular formula is C25H40N4O3S. The van der Waals surface area contributed by atoms with E-state index in [-0.39, 0.29) is 5.91 Å². The predicted molar refractivity (Wildman–Crippen MR) is 132 cm³/mol. The number of sulfonamides is 1. The summed E-state index contributed by atoms with van der Waals surface area (Å²) in [6.45, 7) is 10.8. The van der Waals surface area contributed by atoms with Gasteiger partial charge in [0.15, 0.2) is 0 Å². The van der Waals surface area contributed by atoms with Gasteiger partial charge in [0.1, 0.15) is 4.90 Å². The number of amides is 1. The largest absolute Gasteiger partial charge is 0.370 e. The lowest BCUT2D eigenvalue weighted by atomic mass is 9.98. The SMILES string of the molecule is CC1CCN(c2ccc(C(=O)NCCN3CCCC3)cc2S(=O)(=O)N2CCC(C)CC2)CC1. The second-order valence-corrected chi connectivity index (χ2v) is 12.1. The highest BCUT2D eigenvalue weighted by Crippen LogP contribution is 2.33. The van der Waals surface area contributed by atoms with Gasteiger partial charge in [-0.05, 0) is 81.6 Å². The number of hydrogen-bond donors (Lipinski definition) is 1. The van der Waals surface area contributed by atoms with Crippen LogP contribution in [-0.4, -0.2) is 75.9 Å². The molecule has 0 radical (unpaired) electrons. The van der Waals surface area contributed by atoms with Crippen molar-refractivity contribution in [2.45, 2.75) is 57.3 Å². The molecule has 3 heterocycles. The van der Waals surface area contributed by atoms with E-state index in [1.165, 1.54) is 12.8 Å². The van der Waals surface area contributed by atoms with E-state index in [0.717, 1.165) is 64.1 Å². The fourth-order valence-corrected chi connectivity index (χ4v) is 6.88. The molecule has 8 heteroatoms. The molecule has 4 rings (SSSR count). The smallest absolute Gasteiger partial charge is 0.251 e. The van der Waals surface area contributed by atoms with E-state index in [1.807, 2.05) is 6.07 Å².